The lowest BCUT2D eigenvalue weighted by atomic mass is 10.1. The van der Waals surface area contributed by atoms with E-state index in [0.717, 1.165) is 12.8 Å². The van der Waals surface area contributed by atoms with Crippen LogP contribution < -0.4 is 0 Å². The number of esters is 1. The first kappa shape index (κ1) is 20.1. The zero-order chi connectivity index (χ0) is 15.8. The molecule has 0 rings (SSSR count). The largest absolute Gasteiger partial charge is 0.465 e. The van der Waals surface area contributed by atoms with Crippen molar-refractivity contribution in [2.45, 2.75) is 97.3 Å². The van der Waals surface area contributed by atoms with Gasteiger partial charge >= 0.3 is 5.97 Å². The Morgan fingerprint density at radius 1 is 0.810 bits per heavy atom. The molecule has 3 nitrogen and oxygen atoms in total. The molecule has 0 heterocycles. The number of hydrogen-bond acceptors (Lipinski definition) is 3. The minimum absolute atomic E-state index is 0.137. The van der Waals surface area contributed by atoms with E-state index in [1.807, 2.05) is 0 Å². The average Bonchev–Trinajstić information content (AvgIpc) is 2.43. The second-order valence-corrected chi connectivity index (χ2v) is 6.07. The molecule has 0 unspecified atom stereocenters. The standard InChI is InChI=1S/C18H35NO2/c1-3-4-5-6-7-8-9-10-11-12-13-14-15-21-18(20)16-17(2)19/h19H,3-16H2,1-2H3. The molecule has 0 aromatic rings. The van der Waals surface area contributed by atoms with Crippen LogP contribution in [0.25, 0.3) is 0 Å². The minimum atomic E-state index is -0.259. The van der Waals surface area contributed by atoms with E-state index in [4.69, 9.17) is 10.1 Å². The van der Waals surface area contributed by atoms with Gasteiger partial charge in [0.05, 0.1) is 13.0 Å². The Bertz CT molecular complexity index is 264. The Morgan fingerprint density at radius 3 is 1.67 bits per heavy atom. The highest BCUT2D eigenvalue weighted by molar-refractivity contribution is 5.95. The number of nitrogens with one attached hydrogen (secondary N) is 1. The van der Waals surface area contributed by atoms with Gasteiger partial charge in [0.2, 0.25) is 0 Å². The first-order valence-corrected chi connectivity index (χ1v) is 8.86. The van der Waals surface area contributed by atoms with Crippen LogP contribution in [-0.4, -0.2) is 18.3 Å². The van der Waals surface area contributed by atoms with Gasteiger partial charge in [0.1, 0.15) is 0 Å². The molecule has 0 radical (unpaired) electrons. The van der Waals surface area contributed by atoms with Gasteiger partial charge in [-0.1, -0.05) is 77.6 Å². The molecule has 0 fully saturated rings. The summed E-state index contributed by atoms with van der Waals surface area (Å²) in [6, 6.07) is 0. The molecule has 0 atom stereocenters. The lowest BCUT2D eigenvalue weighted by Crippen LogP contribution is -2.09. The molecule has 0 saturated heterocycles. The number of rotatable bonds is 15. The van der Waals surface area contributed by atoms with E-state index < -0.39 is 0 Å². The summed E-state index contributed by atoms with van der Waals surface area (Å²) in [4.78, 5) is 11.2. The summed E-state index contributed by atoms with van der Waals surface area (Å²) >= 11 is 0. The predicted octanol–water partition coefficient (Wildman–Crippen LogP) is 5.66. The summed E-state index contributed by atoms with van der Waals surface area (Å²) in [6.45, 7) is 4.41. The van der Waals surface area contributed by atoms with Gasteiger partial charge in [0, 0.05) is 5.71 Å². The SMILES string of the molecule is CCCCCCCCCCCCCCOC(=O)CC(C)=N. The third-order valence-corrected chi connectivity index (χ3v) is 3.67. The van der Waals surface area contributed by atoms with Crippen LogP contribution in [0.3, 0.4) is 0 Å². The van der Waals surface area contributed by atoms with Crippen molar-refractivity contribution in [3.8, 4) is 0 Å². The van der Waals surface area contributed by atoms with Crippen molar-refractivity contribution in [2.75, 3.05) is 6.61 Å². The number of carbonyl (C=O) groups excluding carboxylic acids is 1. The van der Waals surface area contributed by atoms with Crippen molar-refractivity contribution in [3.63, 3.8) is 0 Å². The van der Waals surface area contributed by atoms with Crippen molar-refractivity contribution >= 4 is 11.7 Å². The predicted molar refractivity (Wildman–Crippen MR) is 90.1 cm³/mol. The van der Waals surface area contributed by atoms with Gasteiger partial charge in [-0.05, 0) is 13.3 Å². The fraction of sp³-hybridized carbons (Fsp3) is 0.889. The fourth-order valence-electron chi connectivity index (χ4n) is 2.40. The molecule has 0 aliphatic rings. The minimum Gasteiger partial charge on any atom is -0.465 e. The number of carbonyl (C=O) groups is 1. The molecule has 0 aromatic carbocycles. The Kier molecular flexibility index (Phi) is 14.9. The Morgan fingerprint density at radius 2 is 1.24 bits per heavy atom. The smallest absolute Gasteiger partial charge is 0.311 e. The normalized spacial score (nSPS) is 10.6. The molecule has 21 heavy (non-hydrogen) atoms. The molecule has 3 heteroatoms. The van der Waals surface area contributed by atoms with Gasteiger partial charge in [0.15, 0.2) is 0 Å². The van der Waals surface area contributed by atoms with E-state index in [2.05, 4.69) is 6.92 Å². The summed E-state index contributed by atoms with van der Waals surface area (Å²) in [5.41, 5.74) is 0.370. The number of ether oxygens (including phenoxy) is 1. The second-order valence-electron chi connectivity index (χ2n) is 6.07. The highest BCUT2D eigenvalue weighted by atomic mass is 16.5. The van der Waals surface area contributed by atoms with E-state index in [-0.39, 0.29) is 12.4 Å². The Balaban J connectivity index is 3.09. The summed E-state index contributed by atoms with van der Waals surface area (Å²) in [7, 11) is 0. The van der Waals surface area contributed by atoms with Crippen LogP contribution in [0.4, 0.5) is 0 Å². The maximum absolute atomic E-state index is 11.2. The zero-order valence-corrected chi connectivity index (χ0v) is 14.2. The van der Waals surface area contributed by atoms with Crippen molar-refractivity contribution in [1.82, 2.24) is 0 Å². The lowest BCUT2D eigenvalue weighted by Gasteiger charge is -2.04. The van der Waals surface area contributed by atoms with Crippen LogP contribution in [-0.2, 0) is 9.53 Å². The first-order valence-electron chi connectivity index (χ1n) is 8.86. The number of unbranched alkanes of at least 4 members (excludes halogenated alkanes) is 11. The third-order valence-electron chi connectivity index (χ3n) is 3.67. The number of hydrogen-bond donors (Lipinski definition) is 1. The molecule has 124 valence electrons. The van der Waals surface area contributed by atoms with Crippen LogP contribution in [0.15, 0.2) is 0 Å². The van der Waals surface area contributed by atoms with Gasteiger partial charge < -0.3 is 10.1 Å². The maximum Gasteiger partial charge on any atom is 0.311 e. The molecular weight excluding hydrogens is 262 g/mol. The lowest BCUT2D eigenvalue weighted by molar-refractivity contribution is -0.142. The van der Waals surface area contributed by atoms with Gasteiger partial charge in [-0.2, -0.15) is 0 Å². The van der Waals surface area contributed by atoms with Gasteiger partial charge in [-0.3, -0.25) is 4.79 Å². The molecule has 1 N–H and O–H groups in total. The van der Waals surface area contributed by atoms with Crippen molar-refractivity contribution in [1.29, 1.82) is 5.41 Å². The summed E-state index contributed by atoms with van der Waals surface area (Å²) in [6.07, 6.45) is 15.9. The summed E-state index contributed by atoms with van der Waals surface area (Å²) in [5, 5.41) is 7.20. The third kappa shape index (κ3) is 17.1. The monoisotopic (exact) mass is 297 g/mol. The van der Waals surface area contributed by atoms with Crippen LogP contribution in [0.2, 0.25) is 0 Å². The van der Waals surface area contributed by atoms with Crippen LogP contribution >= 0.6 is 0 Å². The maximum atomic E-state index is 11.2. The van der Waals surface area contributed by atoms with E-state index in [0.29, 0.717) is 12.3 Å². The molecule has 0 aromatic heterocycles. The Hall–Kier alpha value is -0.860. The van der Waals surface area contributed by atoms with Gasteiger partial charge in [0.25, 0.3) is 0 Å². The van der Waals surface area contributed by atoms with E-state index in [1.54, 1.807) is 6.92 Å². The highest BCUT2D eigenvalue weighted by Crippen LogP contribution is 2.11. The second kappa shape index (κ2) is 15.5. The highest BCUT2D eigenvalue weighted by Gasteiger charge is 2.03. The molecule has 0 aliphatic carbocycles. The van der Waals surface area contributed by atoms with E-state index >= 15 is 0 Å². The summed E-state index contributed by atoms with van der Waals surface area (Å²) < 4.78 is 5.06. The molecule has 0 amide bonds. The van der Waals surface area contributed by atoms with Crippen LogP contribution in [0.1, 0.15) is 97.3 Å². The van der Waals surface area contributed by atoms with E-state index in [1.165, 1.54) is 64.2 Å². The average molecular weight is 297 g/mol. The van der Waals surface area contributed by atoms with Crippen molar-refractivity contribution in [2.24, 2.45) is 0 Å². The fourth-order valence-corrected chi connectivity index (χ4v) is 2.40. The molecule has 0 bridgehead atoms. The Labute approximate surface area is 131 Å². The van der Waals surface area contributed by atoms with Crippen molar-refractivity contribution < 1.29 is 9.53 Å². The zero-order valence-electron chi connectivity index (χ0n) is 14.2. The topological polar surface area (TPSA) is 50.2 Å². The van der Waals surface area contributed by atoms with Crippen molar-refractivity contribution in [3.05, 3.63) is 0 Å². The van der Waals surface area contributed by atoms with Crippen LogP contribution in [0.5, 0.6) is 0 Å². The quantitative estimate of drug-likeness (QED) is 0.241. The molecule has 0 saturated carbocycles. The first-order chi connectivity index (χ1) is 10.2. The molecular formula is C18H35NO2. The summed E-state index contributed by atoms with van der Waals surface area (Å²) in [5.74, 6) is -0.259. The molecule has 0 aliphatic heterocycles. The van der Waals surface area contributed by atoms with E-state index in [9.17, 15) is 4.79 Å². The van der Waals surface area contributed by atoms with Gasteiger partial charge in [-0.25, -0.2) is 0 Å². The molecule has 0 spiro atoms. The van der Waals surface area contributed by atoms with Gasteiger partial charge in [-0.15, -0.1) is 0 Å². The van der Waals surface area contributed by atoms with Crippen LogP contribution in [0, 0.1) is 5.41 Å².